The maximum atomic E-state index is 11.5. The van der Waals surface area contributed by atoms with Crippen molar-refractivity contribution in [3.8, 4) is 0 Å². The molecule has 82 valence electrons. The third-order valence-electron chi connectivity index (χ3n) is 1.93. The van der Waals surface area contributed by atoms with Crippen molar-refractivity contribution in [3.05, 3.63) is 22.4 Å². The molecule has 0 N–H and O–H groups in total. The minimum Gasteiger partial charge on any atom is -0.466 e. The number of thiophene rings is 1. The average molecular weight is 226 g/mol. The highest BCUT2D eigenvalue weighted by atomic mass is 32.1. The summed E-state index contributed by atoms with van der Waals surface area (Å²) in [7, 11) is 0. The van der Waals surface area contributed by atoms with Gasteiger partial charge in [0.2, 0.25) is 0 Å². The van der Waals surface area contributed by atoms with Gasteiger partial charge in [0.25, 0.3) is 0 Å². The van der Waals surface area contributed by atoms with Gasteiger partial charge in [-0.05, 0) is 24.8 Å². The van der Waals surface area contributed by atoms with Crippen molar-refractivity contribution in [2.75, 3.05) is 6.61 Å². The summed E-state index contributed by atoms with van der Waals surface area (Å²) in [6.45, 7) is 2.17. The Hall–Kier alpha value is -1.16. The molecular weight excluding hydrogens is 212 g/mol. The van der Waals surface area contributed by atoms with E-state index in [2.05, 4.69) is 0 Å². The molecule has 0 aromatic carbocycles. The minimum absolute atomic E-state index is 0.0977. The van der Waals surface area contributed by atoms with Crippen LogP contribution in [0, 0.1) is 0 Å². The van der Waals surface area contributed by atoms with Crippen molar-refractivity contribution >= 4 is 23.1 Å². The van der Waals surface area contributed by atoms with E-state index in [0.717, 1.165) is 5.56 Å². The van der Waals surface area contributed by atoms with Crippen molar-refractivity contribution in [2.24, 2.45) is 0 Å². The topological polar surface area (TPSA) is 43.4 Å². The number of hydrogen-bond donors (Lipinski definition) is 0. The summed E-state index contributed by atoms with van der Waals surface area (Å²) in [5.41, 5.74) is 0.740. The monoisotopic (exact) mass is 226 g/mol. The summed E-state index contributed by atoms with van der Waals surface area (Å²) in [6.07, 6.45) is 1.30. The fourth-order valence-electron chi connectivity index (χ4n) is 1.19. The quantitative estimate of drug-likeness (QED) is 0.553. The molecule has 0 radical (unpaired) electrons. The number of carbonyl (C=O) groups excluding carboxylic acids is 2. The first-order valence-corrected chi connectivity index (χ1v) is 5.89. The van der Waals surface area contributed by atoms with Crippen molar-refractivity contribution in [1.29, 1.82) is 0 Å². The van der Waals surface area contributed by atoms with Gasteiger partial charge in [-0.25, -0.2) is 0 Å². The van der Waals surface area contributed by atoms with Crippen molar-refractivity contribution in [3.63, 3.8) is 0 Å². The number of ether oxygens (including phenoxy) is 1. The van der Waals surface area contributed by atoms with Crippen LogP contribution in [-0.4, -0.2) is 18.4 Å². The fourth-order valence-corrected chi connectivity index (χ4v) is 1.85. The van der Waals surface area contributed by atoms with Gasteiger partial charge in [-0.3, -0.25) is 9.59 Å². The smallest absolute Gasteiger partial charge is 0.305 e. The van der Waals surface area contributed by atoms with Gasteiger partial charge in [0, 0.05) is 23.8 Å². The first-order chi connectivity index (χ1) is 7.24. The van der Waals surface area contributed by atoms with Crippen LogP contribution in [-0.2, 0) is 9.53 Å². The molecule has 0 fully saturated rings. The Labute approximate surface area is 93.1 Å². The van der Waals surface area contributed by atoms with E-state index < -0.39 is 0 Å². The van der Waals surface area contributed by atoms with Gasteiger partial charge in [0.1, 0.15) is 0 Å². The van der Waals surface area contributed by atoms with E-state index in [1.807, 2.05) is 10.8 Å². The predicted molar refractivity (Wildman–Crippen MR) is 59.1 cm³/mol. The molecular formula is C11H14O3S. The predicted octanol–water partition coefficient (Wildman–Crippen LogP) is 2.66. The number of hydrogen-bond acceptors (Lipinski definition) is 4. The van der Waals surface area contributed by atoms with Gasteiger partial charge in [0.15, 0.2) is 5.78 Å². The summed E-state index contributed by atoms with van der Waals surface area (Å²) >= 11 is 1.50. The van der Waals surface area contributed by atoms with Gasteiger partial charge >= 0.3 is 5.97 Å². The van der Waals surface area contributed by atoms with E-state index >= 15 is 0 Å². The van der Waals surface area contributed by atoms with Gasteiger partial charge in [-0.15, -0.1) is 0 Å². The highest BCUT2D eigenvalue weighted by Gasteiger charge is 2.07. The van der Waals surface area contributed by atoms with Crippen LogP contribution in [0.3, 0.4) is 0 Å². The van der Waals surface area contributed by atoms with Gasteiger partial charge in [-0.2, -0.15) is 11.3 Å². The number of esters is 1. The molecule has 1 heterocycles. The first-order valence-electron chi connectivity index (χ1n) is 4.95. The molecule has 0 saturated carbocycles. The molecule has 1 aromatic rings. The first kappa shape index (κ1) is 11.9. The fraction of sp³-hybridized carbons (Fsp3) is 0.455. The minimum atomic E-state index is -0.226. The van der Waals surface area contributed by atoms with Crippen molar-refractivity contribution < 1.29 is 14.3 Å². The lowest BCUT2D eigenvalue weighted by Gasteiger charge is -2.00. The van der Waals surface area contributed by atoms with Crippen LogP contribution in [0.25, 0.3) is 0 Å². The van der Waals surface area contributed by atoms with Crippen LogP contribution in [0.2, 0.25) is 0 Å². The zero-order valence-electron chi connectivity index (χ0n) is 8.69. The molecule has 0 atom stereocenters. The van der Waals surface area contributed by atoms with Gasteiger partial charge in [0.05, 0.1) is 6.61 Å². The Morgan fingerprint density at radius 3 is 2.80 bits per heavy atom. The van der Waals surface area contributed by atoms with E-state index in [1.54, 1.807) is 13.0 Å². The average Bonchev–Trinajstić information content (AvgIpc) is 2.70. The second kappa shape index (κ2) is 6.35. The number of rotatable bonds is 6. The second-order valence-electron chi connectivity index (χ2n) is 3.09. The standard InChI is InChI=1S/C11H14O3S/c1-2-14-11(13)5-3-4-10(12)9-6-7-15-8-9/h6-8H,2-5H2,1H3. The zero-order valence-corrected chi connectivity index (χ0v) is 9.51. The third kappa shape index (κ3) is 4.25. The summed E-state index contributed by atoms with van der Waals surface area (Å²) in [4.78, 5) is 22.5. The SMILES string of the molecule is CCOC(=O)CCCC(=O)c1ccsc1. The molecule has 4 heteroatoms. The Bertz CT molecular complexity index is 317. The Kier molecular flexibility index (Phi) is 5.04. The van der Waals surface area contributed by atoms with E-state index in [-0.39, 0.29) is 11.8 Å². The molecule has 0 saturated heterocycles. The lowest BCUT2D eigenvalue weighted by atomic mass is 10.1. The van der Waals surface area contributed by atoms with E-state index in [0.29, 0.717) is 25.9 Å². The molecule has 0 unspecified atom stereocenters. The van der Waals surface area contributed by atoms with Crippen LogP contribution >= 0.6 is 11.3 Å². The molecule has 1 rings (SSSR count). The van der Waals surface area contributed by atoms with E-state index in [4.69, 9.17) is 4.74 Å². The van der Waals surface area contributed by atoms with E-state index in [9.17, 15) is 9.59 Å². The summed E-state index contributed by atoms with van der Waals surface area (Å²) in [5.74, 6) is -0.129. The Morgan fingerprint density at radius 2 is 2.20 bits per heavy atom. The number of ketones is 1. The van der Waals surface area contributed by atoms with Crippen LogP contribution in [0.15, 0.2) is 16.8 Å². The largest absolute Gasteiger partial charge is 0.466 e. The molecule has 15 heavy (non-hydrogen) atoms. The second-order valence-corrected chi connectivity index (χ2v) is 3.87. The molecule has 0 bridgehead atoms. The van der Waals surface area contributed by atoms with Gasteiger partial charge in [-0.1, -0.05) is 0 Å². The van der Waals surface area contributed by atoms with Gasteiger partial charge < -0.3 is 4.74 Å². The maximum absolute atomic E-state index is 11.5. The highest BCUT2D eigenvalue weighted by molar-refractivity contribution is 7.08. The summed E-state index contributed by atoms with van der Waals surface area (Å²) < 4.78 is 4.77. The lowest BCUT2D eigenvalue weighted by molar-refractivity contribution is -0.143. The number of carbonyl (C=O) groups is 2. The summed E-state index contributed by atoms with van der Waals surface area (Å²) in [6, 6.07) is 1.80. The third-order valence-corrected chi connectivity index (χ3v) is 2.62. The van der Waals surface area contributed by atoms with E-state index in [1.165, 1.54) is 11.3 Å². The molecule has 3 nitrogen and oxygen atoms in total. The maximum Gasteiger partial charge on any atom is 0.305 e. The molecule has 0 spiro atoms. The molecule has 0 aliphatic heterocycles. The lowest BCUT2D eigenvalue weighted by Crippen LogP contribution is -2.05. The normalized spacial score (nSPS) is 9.93. The van der Waals surface area contributed by atoms with Crippen LogP contribution in [0.4, 0.5) is 0 Å². The highest BCUT2D eigenvalue weighted by Crippen LogP contribution is 2.11. The molecule has 0 aliphatic carbocycles. The van der Waals surface area contributed by atoms with Crippen molar-refractivity contribution in [2.45, 2.75) is 26.2 Å². The molecule has 0 aliphatic rings. The van der Waals surface area contributed by atoms with Crippen LogP contribution < -0.4 is 0 Å². The Balaban J connectivity index is 2.21. The Morgan fingerprint density at radius 1 is 1.40 bits per heavy atom. The molecule has 1 aromatic heterocycles. The number of Topliss-reactive ketones (excluding diaryl/α,β-unsaturated/α-hetero) is 1. The van der Waals surface area contributed by atoms with Crippen molar-refractivity contribution in [1.82, 2.24) is 0 Å². The zero-order chi connectivity index (χ0) is 11.1. The molecule has 0 amide bonds. The summed E-state index contributed by atoms with van der Waals surface area (Å²) in [5, 5.41) is 3.70. The van der Waals surface area contributed by atoms with Crippen LogP contribution in [0.5, 0.6) is 0 Å². The van der Waals surface area contributed by atoms with Crippen LogP contribution in [0.1, 0.15) is 36.5 Å².